The molecule has 0 aliphatic heterocycles. The van der Waals surface area contributed by atoms with Crippen molar-refractivity contribution in [1.82, 2.24) is 0 Å². The lowest BCUT2D eigenvalue weighted by Gasteiger charge is -2.24. The van der Waals surface area contributed by atoms with Gasteiger partial charge in [-0.25, -0.2) is 0 Å². The molecule has 5 aromatic carbocycles. The van der Waals surface area contributed by atoms with Gasteiger partial charge in [0.1, 0.15) is 0 Å². The molecule has 7 aromatic rings. The summed E-state index contributed by atoms with van der Waals surface area (Å²) in [6.45, 7) is 4.19. The van der Waals surface area contributed by atoms with E-state index in [4.69, 9.17) is 0 Å². The Morgan fingerprint density at radius 3 is 1.32 bits per heavy atom. The molecule has 0 aliphatic carbocycles. The molecule has 0 aliphatic rings. The summed E-state index contributed by atoms with van der Waals surface area (Å²) in [5.41, 5.74) is 1.88. The summed E-state index contributed by atoms with van der Waals surface area (Å²) in [5, 5.41) is 5.05. The molecule has 6 heteroatoms. The highest BCUT2D eigenvalue weighted by molar-refractivity contribution is 7.90. The maximum absolute atomic E-state index is 15.9. The van der Waals surface area contributed by atoms with Crippen LogP contribution in [-0.4, -0.2) is 0 Å². The van der Waals surface area contributed by atoms with Crippen molar-refractivity contribution < 1.29 is 9.13 Å². The Labute approximate surface area is 266 Å². The van der Waals surface area contributed by atoms with Crippen LogP contribution in [0.25, 0.3) is 21.2 Å². The van der Waals surface area contributed by atoms with Crippen molar-refractivity contribution in [2.45, 2.75) is 13.8 Å². The first-order chi connectivity index (χ1) is 21.4. The van der Waals surface area contributed by atoms with E-state index in [1.54, 1.807) is 22.7 Å². The fourth-order valence-corrected chi connectivity index (χ4v) is 15.7. The van der Waals surface area contributed by atoms with Crippen LogP contribution in [0.4, 0.5) is 0 Å². The van der Waals surface area contributed by atoms with Crippen LogP contribution in [0.5, 0.6) is 0 Å². The number of aryl methyl sites for hydroxylation is 2. The van der Waals surface area contributed by atoms with Crippen LogP contribution in [0, 0.1) is 13.8 Å². The first kappa shape index (κ1) is 29.0. The molecule has 0 radical (unpaired) electrons. The predicted octanol–water partition coefficient (Wildman–Crippen LogP) is 8.53. The van der Waals surface area contributed by atoms with Gasteiger partial charge in [-0.15, -0.1) is 22.7 Å². The van der Waals surface area contributed by atoms with Gasteiger partial charge in [0.15, 0.2) is 14.3 Å². The average molecular weight is 645 g/mol. The lowest BCUT2D eigenvalue weighted by molar-refractivity contribution is 0.591. The third kappa shape index (κ3) is 4.61. The summed E-state index contributed by atoms with van der Waals surface area (Å²) in [7, 11) is -6.69. The first-order valence-electron chi connectivity index (χ1n) is 14.5. The minimum absolute atomic E-state index is 0.791. The Hall–Kier alpha value is -3.78. The van der Waals surface area contributed by atoms with Gasteiger partial charge in [0.2, 0.25) is 0 Å². The molecule has 0 spiro atoms. The molecule has 2 nitrogen and oxygen atoms in total. The molecule has 216 valence electrons. The molecule has 0 saturated carbocycles. The van der Waals surface area contributed by atoms with E-state index in [0.717, 1.165) is 62.1 Å². The van der Waals surface area contributed by atoms with Crippen molar-refractivity contribution in [3.05, 3.63) is 155 Å². The summed E-state index contributed by atoms with van der Waals surface area (Å²) < 4.78 is 33.8. The lowest BCUT2D eigenvalue weighted by atomic mass is 10.1. The smallest absolute Gasteiger partial charge is 0.181 e. The number of benzene rings is 5. The Balaban J connectivity index is 1.64. The van der Waals surface area contributed by atoms with Crippen LogP contribution in [-0.2, 0) is 9.13 Å². The summed E-state index contributed by atoms with van der Waals surface area (Å²) in [4.78, 5) is 2.09. The third-order valence-corrected chi connectivity index (χ3v) is 17.4. The topological polar surface area (TPSA) is 34.1 Å². The van der Waals surface area contributed by atoms with Crippen molar-refractivity contribution in [1.29, 1.82) is 0 Å². The van der Waals surface area contributed by atoms with Crippen LogP contribution in [0.2, 0.25) is 0 Å². The molecule has 0 amide bonds. The van der Waals surface area contributed by atoms with E-state index in [0.29, 0.717) is 0 Å². The lowest BCUT2D eigenvalue weighted by Crippen LogP contribution is -2.28. The Kier molecular flexibility index (Phi) is 7.65. The molecular formula is C38H30O2P2S2. The minimum Gasteiger partial charge on any atom is -0.309 e. The van der Waals surface area contributed by atoms with Crippen molar-refractivity contribution in [2.24, 2.45) is 0 Å². The number of hydrogen-bond donors (Lipinski definition) is 0. The summed E-state index contributed by atoms with van der Waals surface area (Å²) in [5.74, 6) is 0. The van der Waals surface area contributed by atoms with Crippen molar-refractivity contribution >= 4 is 78.2 Å². The van der Waals surface area contributed by atoms with E-state index >= 15 is 9.13 Å². The Bertz CT molecular complexity index is 2100. The highest BCUT2D eigenvalue weighted by atomic mass is 32.1. The Morgan fingerprint density at radius 2 is 0.841 bits per heavy atom. The van der Waals surface area contributed by atoms with Crippen molar-refractivity contribution in [3.8, 4) is 11.1 Å². The molecule has 7 rings (SSSR count). The fraction of sp³-hybridized carbons (Fsp3) is 0.0526. The second-order valence-corrected chi connectivity index (χ2v) is 19.0. The molecular weight excluding hydrogens is 614 g/mol. The zero-order valence-corrected chi connectivity index (χ0v) is 27.8. The zero-order chi connectivity index (χ0) is 30.3. The SMILES string of the molecule is Cc1sc(C)c(P(=O)(c2ccccc2)c2ccccc2)c1-c1c(P(=O)(c2ccccc2)c2ccccc2)sc2ccccc12. The first-order valence-corrected chi connectivity index (χ1v) is 19.5. The second kappa shape index (κ2) is 11.6. The van der Waals surface area contributed by atoms with Crippen LogP contribution in [0.3, 0.4) is 0 Å². The molecule has 44 heavy (non-hydrogen) atoms. The van der Waals surface area contributed by atoms with E-state index in [9.17, 15) is 0 Å². The normalized spacial score (nSPS) is 12.0. The van der Waals surface area contributed by atoms with Crippen LogP contribution in [0.1, 0.15) is 9.75 Å². The van der Waals surface area contributed by atoms with Crippen LogP contribution in [0.15, 0.2) is 146 Å². The molecule has 0 N–H and O–H groups in total. The summed E-state index contributed by atoms with van der Waals surface area (Å²) in [6.07, 6.45) is 0. The second-order valence-electron chi connectivity index (χ2n) is 10.8. The van der Waals surface area contributed by atoms with Crippen LogP contribution >= 0.6 is 37.0 Å². The van der Waals surface area contributed by atoms with Gasteiger partial charge in [0.05, 0.1) is 4.62 Å². The summed E-state index contributed by atoms with van der Waals surface area (Å²) >= 11 is 3.27. The number of thiophene rings is 2. The summed E-state index contributed by atoms with van der Waals surface area (Å²) in [6, 6.07) is 47.7. The molecule has 0 fully saturated rings. The fourth-order valence-electron chi connectivity index (χ4n) is 6.18. The molecule has 0 bridgehead atoms. The molecule has 0 saturated heterocycles. The molecule has 0 unspecified atom stereocenters. The quantitative estimate of drug-likeness (QED) is 0.163. The number of rotatable bonds is 7. The molecule has 2 heterocycles. The zero-order valence-electron chi connectivity index (χ0n) is 24.4. The van der Waals surface area contributed by atoms with E-state index in [-0.39, 0.29) is 0 Å². The largest absolute Gasteiger partial charge is 0.309 e. The maximum Gasteiger partial charge on any atom is 0.181 e. The van der Waals surface area contributed by atoms with Crippen LogP contribution < -0.4 is 31.1 Å². The predicted molar refractivity (Wildman–Crippen MR) is 193 cm³/mol. The van der Waals surface area contributed by atoms with E-state index in [1.807, 2.05) is 133 Å². The molecule has 0 atom stereocenters. The highest BCUT2D eigenvalue weighted by Gasteiger charge is 2.41. The van der Waals surface area contributed by atoms with E-state index in [1.165, 1.54) is 0 Å². The van der Waals surface area contributed by atoms with Gasteiger partial charge in [-0.3, -0.25) is 0 Å². The third-order valence-electron chi connectivity index (χ3n) is 8.14. The van der Waals surface area contributed by atoms with E-state index in [2.05, 4.69) is 26.0 Å². The van der Waals surface area contributed by atoms with Gasteiger partial charge >= 0.3 is 0 Å². The van der Waals surface area contributed by atoms with Crippen molar-refractivity contribution in [3.63, 3.8) is 0 Å². The van der Waals surface area contributed by atoms with Gasteiger partial charge in [0.25, 0.3) is 0 Å². The maximum atomic E-state index is 15.9. The number of hydrogen-bond acceptors (Lipinski definition) is 4. The van der Waals surface area contributed by atoms with Gasteiger partial charge in [-0.2, -0.15) is 0 Å². The minimum atomic E-state index is -3.35. The van der Waals surface area contributed by atoms with E-state index < -0.39 is 14.3 Å². The highest BCUT2D eigenvalue weighted by Crippen LogP contribution is 2.54. The van der Waals surface area contributed by atoms with Gasteiger partial charge in [-0.1, -0.05) is 140 Å². The monoisotopic (exact) mass is 644 g/mol. The van der Waals surface area contributed by atoms with Crippen molar-refractivity contribution in [2.75, 3.05) is 0 Å². The average Bonchev–Trinajstić information content (AvgIpc) is 3.61. The van der Waals surface area contributed by atoms with Gasteiger partial charge < -0.3 is 9.13 Å². The standard InChI is InChI=1S/C38H30O2P2S2/c1-27-35(37(28(2)43-27)41(39,29-17-7-3-8-18-29)30-19-9-4-10-20-30)36-33-25-15-16-26-34(33)44-38(36)42(40,31-21-11-5-12-22-31)32-23-13-6-14-24-32/h3-26H,1-2H3. The van der Waals surface area contributed by atoms with Gasteiger partial charge in [-0.05, 0) is 19.9 Å². The van der Waals surface area contributed by atoms with Gasteiger partial charge in [0, 0.05) is 57.5 Å². The number of fused-ring (bicyclic) bond motifs is 1. The molecule has 2 aromatic heterocycles. The Morgan fingerprint density at radius 1 is 0.432 bits per heavy atom.